The summed E-state index contributed by atoms with van der Waals surface area (Å²) in [6.45, 7) is 9.88. The van der Waals surface area contributed by atoms with Gasteiger partial charge >= 0.3 is 5.97 Å². The van der Waals surface area contributed by atoms with Gasteiger partial charge in [0.1, 0.15) is 11.5 Å². The predicted molar refractivity (Wildman–Crippen MR) is 133 cm³/mol. The van der Waals surface area contributed by atoms with E-state index in [0.717, 1.165) is 78.8 Å². The second kappa shape index (κ2) is 8.06. The van der Waals surface area contributed by atoms with Crippen molar-refractivity contribution in [2.75, 3.05) is 49.1 Å². The lowest BCUT2D eigenvalue weighted by molar-refractivity contribution is 0.0224. The van der Waals surface area contributed by atoms with Crippen LogP contribution < -0.4 is 19.9 Å². The summed E-state index contributed by atoms with van der Waals surface area (Å²) in [6.07, 6.45) is 0. The fourth-order valence-electron chi connectivity index (χ4n) is 5.55. The van der Waals surface area contributed by atoms with Gasteiger partial charge in [0, 0.05) is 73.4 Å². The van der Waals surface area contributed by atoms with Crippen LogP contribution in [0.2, 0.25) is 0 Å². The summed E-state index contributed by atoms with van der Waals surface area (Å²) in [5.74, 6) is 1.17. The molecule has 1 fully saturated rings. The number of anilines is 2. The summed E-state index contributed by atoms with van der Waals surface area (Å²) < 4.78 is 12.8. The van der Waals surface area contributed by atoms with Crippen molar-refractivity contribution in [3.05, 3.63) is 82.9 Å². The number of carbonyl (C=O) groups excluding carboxylic acids is 1. The molecule has 1 N–H and O–H groups in total. The molecular weight excluding hydrogens is 426 g/mol. The number of nitrogens with one attached hydrogen (secondary N) is 1. The largest absolute Gasteiger partial charge is 0.456 e. The van der Waals surface area contributed by atoms with Crippen LogP contribution in [0.5, 0.6) is 11.5 Å². The first-order chi connectivity index (χ1) is 16.7. The Morgan fingerprint density at radius 3 is 2.50 bits per heavy atom. The second-order valence-corrected chi connectivity index (χ2v) is 8.99. The van der Waals surface area contributed by atoms with Gasteiger partial charge in [-0.05, 0) is 50.2 Å². The third kappa shape index (κ3) is 3.02. The normalized spacial score (nSPS) is 20.3. The highest BCUT2D eigenvalue weighted by Crippen LogP contribution is 2.57. The van der Waals surface area contributed by atoms with Crippen molar-refractivity contribution in [3.63, 3.8) is 0 Å². The molecule has 1 unspecified atom stereocenters. The summed E-state index contributed by atoms with van der Waals surface area (Å²) in [4.78, 5) is 17.8. The molecule has 0 aliphatic carbocycles. The molecule has 34 heavy (non-hydrogen) atoms. The van der Waals surface area contributed by atoms with Crippen molar-refractivity contribution >= 4 is 17.3 Å². The molecule has 3 aromatic rings. The highest BCUT2D eigenvalue weighted by atomic mass is 16.6. The second-order valence-electron chi connectivity index (χ2n) is 8.99. The van der Waals surface area contributed by atoms with Crippen molar-refractivity contribution < 1.29 is 14.3 Å². The van der Waals surface area contributed by atoms with E-state index < -0.39 is 5.60 Å². The minimum Gasteiger partial charge on any atom is -0.456 e. The Balaban J connectivity index is 1.57. The molecular formula is C28H29N3O3. The summed E-state index contributed by atoms with van der Waals surface area (Å²) >= 11 is 0. The molecule has 1 saturated heterocycles. The van der Waals surface area contributed by atoms with Crippen LogP contribution in [0.4, 0.5) is 11.4 Å². The van der Waals surface area contributed by atoms with Crippen molar-refractivity contribution in [3.8, 4) is 11.5 Å². The molecule has 3 aliphatic heterocycles. The summed E-state index contributed by atoms with van der Waals surface area (Å²) in [6, 6.07) is 20.3. The van der Waals surface area contributed by atoms with Crippen LogP contribution in [0.3, 0.4) is 0 Å². The number of nitrogens with zero attached hydrogens (tertiary/aromatic N) is 2. The Labute approximate surface area is 200 Å². The summed E-state index contributed by atoms with van der Waals surface area (Å²) in [7, 11) is 0. The number of ether oxygens (including phenoxy) is 2. The molecule has 6 rings (SSSR count). The van der Waals surface area contributed by atoms with Crippen molar-refractivity contribution in [2.45, 2.75) is 19.4 Å². The smallest absolute Gasteiger partial charge is 0.340 e. The zero-order valence-corrected chi connectivity index (χ0v) is 19.6. The van der Waals surface area contributed by atoms with Gasteiger partial charge < -0.3 is 24.6 Å². The molecule has 6 nitrogen and oxygen atoms in total. The molecule has 3 aromatic carbocycles. The van der Waals surface area contributed by atoms with Crippen LogP contribution in [0.1, 0.15) is 40.9 Å². The number of hydrogen-bond acceptors (Lipinski definition) is 6. The molecule has 6 heteroatoms. The van der Waals surface area contributed by atoms with E-state index in [2.05, 4.69) is 59.3 Å². The van der Waals surface area contributed by atoms with Gasteiger partial charge in [0.2, 0.25) is 0 Å². The van der Waals surface area contributed by atoms with Crippen LogP contribution in [-0.2, 0) is 10.3 Å². The van der Waals surface area contributed by atoms with Crippen LogP contribution in [0, 0.1) is 0 Å². The Hall–Kier alpha value is -3.51. The minimum absolute atomic E-state index is 0.296. The first kappa shape index (κ1) is 21.1. The zero-order valence-electron chi connectivity index (χ0n) is 19.6. The molecule has 0 amide bonds. The summed E-state index contributed by atoms with van der Waals surface area (Å²) in [5, 5.41) is 3.41. The monoisotopic (exact) mass is 455 g/mol. The Kier molecular flexibility index (Phi) is 4.99. The maximum atomic E-state index is 13.1. The molecule has 0 saturated carbocycles. The van der Waals surface area contributed by atoms with E-state index in [1.54, 1.807) is 0 Å². The van der Waals surface area contributed by atoms with Gasteiger partial charge in [-0.3, -0.25) is 0 Å². The van der Waals surface area contributed by atoms with Crippen LogP contribution in [0.15, 0.2) is 60.7 Å². The third-order valence-corrected chi connectivity index (χ3v) is 7.29. The van der Waals surface area contributed by atoms with Gasteiger partial charge in [0.05, 0.1) is 5.56 Å². The average Bonchev–Trinajstić information content (AvgIpc) is 3.18. The lowest BCUT2D eigenvalue weighted by Gasteiger charge is -2.38. The number of hydrogen-bond donors (Lipinski definition) is 1. The topological polar surface area (TPSA) is 54.0 Å². The van der Waals surface area contributed by atoms with E-state index in [-0.39, 0.29) is 5.97 Å². The Morgan fingerprint density at radius 2 is 1.71 bits per heavy atom. The molecule has 1 spiro atoms. The van der Waals surface area contributed by atoms with Crippen LogP contribution in [-0.4, -0.2) is 45.2 Å². The SMILES string of the molecule is CCN(CC)c1ccc2c(c1)Oc1ccc(N3CCNCC3)cc1C21OC(=O)c2ccccc21. The fourth-order valence-corrected chi connectivity index (χ4v) is 5.55. The van der Waals surface area contributed by atoms with Crippen molar-refractivity contribution in [1.29, 1.82) is 0 Å². The number of fused-ring (bicyclic) bond motifs is 6. The minimum atomic E-state index is -1.03. The number of carbonyl (C=O) groups is 1. The quantitative estimate of drug-likeness (QED) is 0.585. The fraction of sp³-hybridized carbons (Fsp3) is 0.321. The van der Waals surface area contributed by atoms with Gasteiger partial charge in [0.25, 0.3) is 0 Å². The number of benzene rings is 3. The highest BCUT2D eigenvalue weighted by molar-refractivity contribution is 5.97. The lowest BCUT2D eigenvalue weighted by Crippen LogP contribution is -2.43. The van der Waals surface area contributed by atoms with Crippen molar-refractivity contribution in [2.24, 2.45) is 0 Å². The van der Waals surface area contributed by atoms with Gasteiger partial charge in [-0.1, -0.05) is 18.2 Å². The van der Waals surface area contributed by atoms with E-state index in [1.807, 2.05) is 30.3 Å². The molecule has 0 aromatic heterocycles. The van der Waals surface area contributed by atoms with Gasteiger partial charge in [-0.2, -0.15) is 0 Å². The first-order valence-corrected chi connectivity index (χ1v) is 12.2. The van der Waals surface area contributed by atoms with Crippen molar-refractivity contribution in [1.82, 2.24) is 5.32 Å². The van der Waals surface area contributed by atoms with E-state index in [0.29, 0.717) is 5.56 Å². The number of rotatable bonds is 4. The van der Waals surface area contributed by atoms with Gasteiger partial charge in [-0.25, -0.2) is 4.79 Å². The number of esters is 1. The highest BCUT2D eigenvalue weighted by Gasteiger charge is 2.53. The summed E-state index contributed by atoms with van der Waals surface area (Å²) in [5.41, 5.74) is 4.42. The maximum absolute atomic E-state index is 13.1. The standard InChI is InChI=1S/C28H29N3O3/c1-3-30(4-2)20-9-11-23-26(18-20)33-25-12-10-19(31-15-13-29-14-16-31)17-24(25)28(23)22-8-6-5-7-21(22)27(32)34-28/h5-12,17-18,29H,3-4,13-16H2,1-2H3. The van der Waals surface area contributed by atoms with Crippen LogP contribution >= 0.6 is 0 Å². The lowest BCUT2D eigenvalue weighted by atomic mass is 9.77. The van der Waals surface area contributed by atoms with E-state index in [1.165, 1.54) is 0 Å². The Morgan fingerprint density at radius 1 is 0.912 bits per heavy atom. The molecule has 1 atom stereocenters. The van der Waals surface area contributed by atoms with E-state index in [4.69, 9.17) is 9.47 Å². The molecule has 174 valence electrons. The van der Waals surface area contributed by atoms with E-state index in [9.17, 15) is 4.79 Å². The molecule has 3 heterocycles. The maximum Gasteiger partial charge on any atom is 0.340 e. The molecule has 0 radical (unpaired) electrons. The van der Waals surface area contributed by atoms with Crippen LogP contribution in [0.25, 0.3) is 0 Å². The number of piperazine rings is 1. The predicted octanol–water partition coefficient (Wildman–Crippen LogP) is 4.51. The Bertz CT molecular complexity index is 1260. The van der Waals surface area contributed by atoms with Gasteiger partial charge in [0.15, 0.2) is 5.60 Å². The zero-order chi connectivity index (χ0) is 23.3. The first-order valence-electron chi connectivity index (χ1n) is 12.2. The van der Waals surface area contributed by atoms with Gasteiger partial charge in [-0.15, -0.1) is 0 Å². The average molecular weight is 456 g/mol. The van der Waals surface area contributed by atoms with E-state index >= 15 is 0 Å². The molecule has 0 bridgehead atoms. The molecule has 3 aliphatic rings. The third-order valence-electron chi connectivity index (χ3n) is 7.29.